The third-order valence-corrected chi connectivity index (χ3v) is 7.78. The number of benzene rings is 2. The second-order valence-electron chi connectivity index (χ2n) is 10.5. The molecule has 0 unspecified atom stereocenters. The van der Waals surface area contributed by atoms with Crippen LogP contribution in [0, 0.1) is 5.92 Å². The van der Waals surface area contributed by atoms with E-state index in [2.05, 4.69) is 15.5 Å². The number of halogens is 4. The fourth-order valence-electron chi connectivity index (χ4n) is 5.25. The summed E-state index contributed by atoms with van der Waals surface area (Å²) in [6.07, 6.45) is -0.928. The molecule has 1 saturated carbocycles. The Labute approximate surface area is 231 Å². The Kier molecular flexibility index (Phi) is 8.56. The summed E-state index contributed by atoms with van der Waals surface area (Å²) in [6, 6.07) is 13.8. The number of amides is 4. The van der Waals surface area contributed by atoms with Gasteiger partial charge in [-0.2, -0.15) is 13.2 Å². The number of hydrogen-bond donors (Lipinski definition) is 2. The van der Waals surface area contributed by atoms with E-state index in [4.69, 9.17) is 0 Å². The van der Waals surface area contributed by atoms with Crippen molar-refractivity contribution in [3.05, 3.63) is 71.3 Å². The van der Waals surface area contributed by atoms with E-state index in [0.717, 1.165) is 48.4 Å². The summed E-state index contributed by atoms with van der Waals surface area (Å²) in [4.78, 5) is 41.7. The zero-order valence-electron chi connectivity index (χ0n) is 21.4. The summed E-state index contributed by atoms with van der Waals surface area (Å²) >= 11 is 0. The number of carbonyl (C=O) groups is 3. The van der Waals surface area contributed by atoms with E-state index in [1.807, 2.05) is 30.3 Å². The maximum Gasteiger partial charge on any atom is 0.416 e. The van der Waals surface area contributed by atoms with E-state index >= 15 is 0 Å². The van der Waals surface area contributed by atoms with Crippen LogP contribution in [-0.4, -0.2) is 52.8 Å². The molecule has 1 spiro atoms. The number of imide groups is 1. The molecule has 2 aromatic rings. The van der Waals surface area contributed by atoms with Gasteiger partial charge in [0.15, 0.2) is 0 Å². The van der Waals surface area contributed by atoms with Gasteiger partial charge in [0.1, 0.15) is 5.54 Å². The van der Waals surface area contributed by atoms with E-state index in [0.29, 0.717) is 31.5 Å². The zero-order chi connectivity index (χ0) is 26.9. The minimum atomic E-state index is -4.44. The van der Waals surface area contributed by atoms with Crippen molar-refractivity contribution < 1.29 is 27.6 Å². The van der Waals surface area contributed by atoms with E-state index in [1.54, 1.807) is 0 Å². The normalized spacial score (nSPS) is 19.9. The van der Waals surface area contributed by atoms with Crippen LogP contribution in [0.4, 0.5) is 18.0 Å². The second-order valence-corrected chi connectivity index (χ2v) is 10.5. The van der Waals surface area contributed by atoms with Crippen LogP contribution in [0.25, 0.3) is 0 Å². The Balaban J connectivity index is 0.00000353. The summed E-state index contributed by atoms with van der Waals surface area (Å²) in [5.41, 5.74) is -0.245. The number of carbonyl (C=O) groups excluding carboxylic acids is 3. The Hall–Kier alpha value is -3.11. The second kappa shape index (κ2) is 11.6. The predicted octanol–water partition coefficient (Wildman–Crippen LogP) is 4.67. The number of hydrogen-bond acceptors (Lipinski definition) is 4. The van der Waals surface area contributed by atoms with Crippen molar-refractivity contribution in [2.24, 2.45) is 5.92 Å². The summed E-state index contributed by atoms with van der Waals surface area (Å²) in [7, 11) is 0. The SMILES string of the molecule is Cl.O=C(N[C@@H](CCN1CCC2(CC1)NC(=O)N(Cc1ccc(C(F)(F)F)cc1)C2=O)c1ccccc1)C1CC1. The van der Waals surface area contributed by atoms with E-state index in [1.165, 1.54) is 12.1 Å². The quantitative estimate of drug-likeness (QED) is 0.457. The summed E-state index contributed by atoms with van der Waals surface area (Å²) in [5.74, 6) is -0.108. The van der Waals surface area contributed by atoms with Gasteiger partial charge in [0.25, 0.3) is 5.91 Å². The smallest absolute Gasteiger partial charge is 0.349 e. The molecule has 0 radical (unpaired) electrons. The lowest BCUT2D eigenvalue weighted by Crippen LogP contribution is -2.55. The van der Waals surface area contributed by atoms with Crippen LogP contribution in [-0.2, 0) is 22.3 Å². The number of piperidine rings is 1. The molecule has 2 aromatic carbocycles. The molecule has 2 saturated heterocycles. The molecular formula is C28H32ClF3N4O3. The number of likely N-dealkylation sites (tertiary alicyclic amines) is 1. The van der Waals surface area contributed by atoms with Crippen LogP contribution in [0.1, 0.15) is 54.8 Å². The summed E-state index contributed by atoms with van der Waals surface area (Å²) < 4.78 is 38.5. The lowest BCUT2D eigenvalue weighted by molar-refractivity contribution is -0.137. The van der Waals surface area contributed by atoms with Gasteiger partial charge in [0.2, 0.25) is 5.91 Å². The van der Waals surface area contributed by atoms with Crippen LogP contribution in [0.15, 0.2) is 54.6 Å². The molecule has 3 aliphatic rings. The molecule has 1 aliphatic carbocycles. The fourth-order valence-corrected chi connectivity index (χ4v) is 5.25. The molecule has 0 bridgehead atoms. The van der Waals surface area contributed by atoms with Crippen molar-refractivity contribution in [2.75, 3.05) is 19.6 Å². The predicted molar refractivity (Wildman–Crippen MR) is 141 cm³/mol. The first-order valence-electron chi connectivity index (χ1n) is 13.0. The van der Waals surface area contributed by atoms with E-state index < -0.39 is 23.3 Å². The van der Waals surface area contributed by atoms with Crippen LogP contribution in [0.3, 0.4) is 0 Å². The molecule has 210 valence electrons. The fraction of sp³-hybridized carbons (Fsp3) is 0.464. The minimum Gasteiger partial charge on any atom is -0.349 e. The van der Waals surface area contributed by atoms with Crippen molar-refractivity contribution in [1.29, 1.82) is 0 Å². The van der Waals surface area contributed by atoms with E-state index in [9.17, 15) is 27.6 Å². The minimum absolute atomic E-state index is 0. The highest BCUT2D eigenvalue weighted by Gasteiger charge is 2.52. The van der Waals surface area contributed by atoms with Crippen LogP contribution in [0.2, 0.25) is 0 Å². The van der Waals surface area contributed by atoms with Gasteiger partial charge >= 0.3 is 12.2 Å². The van der Waals surface area contributed by atoms with Crippen molar-refractivity contribution in [3.8, 4) is 0 Å². The summed E-state index contributed by atoms with van der Waals surface area (Å²) in [5, 5.41) is 6.05. The van der Waals surface area contributed by atoms with Crippen molar-refractivity contribution >= 4 is 30.3 Å². The zero-order valence-corrected chi connectivity index (χ0v) is 22.2. The highest BCUT2D eigenvalue weighted by molar-refractivity contribution is 6.07. The highest BCUT2D eigenvalue weighted by Crippen LogP contribution is 2.33. The molecule has 39 heavy (non-hydrogen) atoms. The van der Waals surface area contributed by atoms with Crippen molar-refractivity contribution in [3.63, 3.8) is 0 Å². The molecule has 5 rings (SSSR count). The van der Waals surface area contributed by atoms with Gasteiger partial charge in [-0.05, 0) is 55.4 Å². The average Bonchev–Trinajstić information content (AvgIpc) is 3.73. The number of rotatable bonds is 8. The Morgan fingerprint density at radius 1 is 1.03 bits per heavy atom. The van der Waals surface area contributed by atoms with E-state index in [-0.39, 0.29) is 42.7 Å². The third kappa shape index (κ3) is 6.55. The Morgan fingerprint density at radius 3 is 2.26 bits per heavy atom. The molecule has 3 fully saturated rings. The molecule has 2 aliphatic heterocycles. The number of nitrogens with one attached hydrogen (secondary N) is 2. The average molecular weight is 565 g/mol. The molecule has 11 heteroatoms. The molecule has 2 N–H and O–H groups in total. The van der Waals surface area contributed by atoms with Gasteiger partial charge in [-0.15, -0.1) is 12.4 Å². The third-order valence-electron chi connectivity index (χ3n) is 7.78. The van der Waals surface area contributed by atoms with Crippen molar-refractivity contribution in [2.45, 2.75) is 56.4 Å². The monoisotopic (exact) mass is 564 g/mol. The van der Waals surface area contributed by atoms with Gasteiger partial charge in [-0.3, -0.25) is 14.5 Å². The summed E-state index contributed by atoms with van der Waals surface area (Å²) in [6.45, 7) is 1.88. The molecular weight excluding hydrogens is 533 g/mol. The van der Waals surface area contributed by atoms with Gasteiger partial charge in [0, 0.05) is 25.6 Å². The van der Waals surface area contributed by atoms with Crippen molar-refractivity contribution in [1.82, 2.24) is 20.4 Å². The molecule has 1 atom stereocenters. The van der Waals surface area contributed by atoms with Crippen LogP contribution < -0.4 is 10.6 Å². The topological polar surface area (TPSA) is 81.8 Å². The van der Waals surface area contributed by atoms with Gasteiger partial charge in [0.05, 0.1) is 18.2 Å². The first-order chi connectivity index (χ1) is 18.1. The van der Waals surface area contributed by atoms with Gasteiger partial charge < -0.3 is 15.5 Å². The first-order valence-corrected chi connectivity index (χ1v) is 13.0. The lowest BCUT2D eigenvalue weighted by atomic mass is 9.87. The first kappa shape index (κ1) is 28.9. The highest BCUT2D eigenvalue weighted by atomic mass is 35.5. The van der Waals surface area contributed by atoms with Gasteiger partial charge in [-0.25, -0.2) is 4.79 Å². The van der Waals surface area contributed by atoms with Gasteiger partial charge in [-0.1, -0.05) is 42.5 Å². The van der Waals surface area contributed by atoms with Crippen LogP contribution >= 0.6 is 12.4 Å². The number of nitrogens with zero attached hydrogens (tertiary/aromatic N) is 2. The Bertz CT molecular complexity index is 1180. The maximum absolute atomic E-state index is 13.3. The molecule has 0 aromatic heterocycles. The lowest BCUT2D eigenvalue weighted by Gasteiger charge is -2.37. The molecule has 4 amide bonds. The molecule has 2 heterocycles. The van der Waals surface area contributed by atoms with Crippen LogP contribution in [0.5, 0.6) is 0 Å². The largest absolute Gasteiger partial charge is 0.416 e. The molecule has 7 nitrogen and oxygen atoms in total. The maximum atomic E-state index is 13.3. The number of urea groups is 1. The standard InChI is InChI=1S/C28H31F3N4O3.ClH/c29-28(30,31)22-10-6-19(7-11-22)18-35-25(37)27(33-26(35)38)13-16-34(17-14-27)15-12-23(20-4-2-1-3-5-20)32-24(36)21-8-9-21;/h1-7,10-11,21,23H,8-9,12-18H2,(H,32,36)(H,33,38);1H/t23-;/m0./s1. The Morgan fingerprint density at radius 2 is 1.67 bits per heavy atom. The number of alkyl halides is 3.